The van der Waals surface area contributed by atoms with Crippen molar-refractivity contribution in [3.8, 4) is 0 Å². The molecule has 1 heterocycles. The van der Waals surface area contributed by atoms with E-state index in [0.29, 0.717) is 12.5 Å². The number of unbranched alkanes of at least 4 members (excludes halogenated alkanes) is 1. The lowest BCUT2D eigenvalue weighted by atomic mass is 10.1. The lowest BCUT2D eigenvalue weighted by Gasteiger charge is -2.16. The van der Waals surface area contributed by atoms with Gasteiger partial charge in [-0.3, -0.25) is 9.69 Å². The van der Waals surface area contributed by atoms with Crippen LogP contribution in [0, 0.1) is 5.92 Å². The highest BCUT2D eigenvalue weighted by atomic mass is 16.2. The molecule has 1 rings (SSSR count). The van der Waals surface area contributed by atoms with Crippen molar-refractivity contribution in [1.29, 1.82) is 0 Å². The van der Waals surface area contributed by atoms with E-state index in [9.17, 15) is 4.79 Å². The lowest BCUT2D eigenvalue weighted by molar-refractivity contribution is -0.121. The minimum Gasteiger partial charge on any atom is -0.355 e. The smallest absolute Gasteiger partial charge is 0.234 e. The number of amides is 1. The molecule has 0 bridgehead atoms. The molecule has 0 aliphatic carbocycles. The Morgan fingerprint density at radius 2 is 2.25 bits per heavy atom. The van der Waals surface area contributed by atoms with Gasteiger partial charge in [-0.25, -0.2) is 5.43 Å². The second-order valence-corrected chi connectivity index (χ2v) is 5.77. The van der Waals surface area contributed by atoms with Crippen molar-refractivity contribution in [2.24, 2.45) is 5.92 Å². The fraction of sp³-hybridized carbons (Fsp3) is 0.800. The number of carbonyl (C=O) groups excluding carboxylic acids is 1. The molecule has 116 valence electrons. The first kappa shape index (κ1) is 17.0. The van der Waals surface area contributed by atoms with Crippen molar-refractivity contribution in [2.75, 3.05) is 39.8 Å². The van der Waals surface area contributed by atoms with Gasteiger partial charge < -0.3 is 10.3 Å². The van der Waals surface area contributed by atoms with Crippen LogP contribution < -0.4 is 10.7 Å². The van der Waals surface area contributed by atoms with E-state index in [-0.39, 0.29) is 5.91 Å². The third-order valence-electron chi connectivity index (χ3n) is 3.65. The fourth-order valence-electron chi connectivity index (χ4n) is 2.03. The summed E-state index contributed by atoms with van der Waals surface area (Å²) in [4.78, 5) is 13.6. The highest BCUT2D eigenvalue weighted by molar-refractivity contribution is 5.77. The van der Waals surface area contributed by atoms with Crippen LogP contribution in [0.4, 0.5) is 0 Å². The first-order valence-corrected chi connectivity index (χ1v) is 7.69. The zero-order valence-electron chi connectivity index (χ0n) is 13.4. The SMILES string of the molecule is CCN(C)CC(=O)NCCCCN1C=C(C(C)C)CN1. The standard InChI is InChI=1S/C15H30N4O/c1-5-18(4)12-15(20)16-8-6-7-9-19-11-14(10-17-19)13(2)3/h11,13,17H,5-10,12H2,1-4H3,(H,16,20). The Bertz CT molecular complexity index is 328. The first-order valence-electron chi connectivity index (χ1n) is 7.69. The quantitative estimate of drug-likeness (QED) is 0.624. The van der Waals surface area contributed by atoms with Crippen molar-refractivity contribution in [3.05, 3.63) is 11.8 Å². The topological polar surface area (TPSA) is 47.6 Å². The second kappa shape index (κ2) is 8.97. The van der Waals surface area contributed by atoms with Crippen LogP contribution in [0.5, 0.6) is 0 Å². The lowest BCUT2D eigenvalue weighted by Crippen LogP contribution is -2.35. The molecular weight excluding hydrogens is 252 g/mol. The van der Waals surface area contributed by atoms with Crippen molar-refractivity contribution in [3.63, 3.8) is 0 Å². The molecule has 5 nitrogen and oxygen atoms in total. The number of carbonyl (C=O) groups is 1. The van der Waals surface area contributed by atoms with E-state index in [1.165, 1.54) is 5.57 Å². The van der Waals surface area contributed by atoms with Crippen LogP contribution in [0.25, 0.3) is 0 Å². The molecule has 0 saturated carbocycles. The number of likely N-dealkylation sites (N-methyl/N-ethyl adjacent to an activating group) is 1. The van der Waals surface area contributed by atoms with Crippen LogP contribution in [0.1, 0.15) is 33.6 Å². The molecule has 0 atom stereocenters. The molecule has 0 radical (unpaired) electrons. The van der Waals surface area contributed by atoms with Crippen LogP contribution in [-0.4, -0.2) is 55.6 Å². The summed E-state index contributed by atoms with van der Waals surface area (Å²) < 4.78 is 0. The Kier molecular flexibility index (Phi) is 7.62. The van der Waals surface area contributed by atoms with Gasteiger partial charge in [0, 0.05) is 25.8 Å². The number of hydrogen-bond acceptors (Lipinski definition) is 4. The average Bonchev–Trinajstić information content (AvgIpc) is 2.87. The maximum atomic E-state index is 11.6. The van der Waals surface area contributed by atoms with Gasteiger partial charge in [0.05, 0.1) is 6.54 Å². The Morgan fingerprint density at radius 1 is 1.50 bits per heavy atom. The molecule has 1 aliphatic heterocycles. The summed E-state index contributed by atoms with van der Waals surface area (Å²) in [7, 11) is 1.96. The van der Waals surface area contributed by atoms with E-state index in [1.807, 2.05) is 11.9 Å². The van der Waals surface area contributed by atoms with Gasteiger partial charge in [0.25, 0.3) is 0 Å². The largest absolute Gasteiger partial charge is 0.355 e. The van der Waals surface area contributed by atoms with Gasteiger partial charge in [0.15, 0.2) is 0 Å². The van der Waals surface area contributed by atoms with Gasteiger partial charge in [-0.2, -0.15) is 0 Å². The molecule has 0 aromatic rings. The zero-order valence-corrected chi connectivity index (χ0v) is 13.4. The minimum atomic E-state index is 0.121. The maximum absolute atomic E-state index is 11.6. The van der Waals surface area contributed by atoms with Crippen LogP contribution in [0.3, 0.4) is 0 Å². The predicted octanol–water partition coefficient (Wildman–Crippen LogP) is 1.19. The predicted molar refractivity (Wildman–Crippen MR) is 83.0 cm³/mol. The van der Waals surface area contributed by atoms with Crippen molar-refractivity contribution in [1.82, 2.24) is 20.7 Å². The number of rotatable bonds is 9. The molecule has 1 aliphatic rings. The summed E-state index contributed by atoms with van der Waals surface area (Å²) in [5.41, 5.74) is 4.83. The second-order valence-electron chi connectivity index (χ2n) is 5.77. The molecule has 0 unspecified atom stereocenters. The Hall–Kier alpha value is -1.07. The highest BCUT2D eigenvalue weighted by Crippen LogP contribution is 2.14. The van der Waals surface area contributed by atoms with Gasteiger partial charge in [-0.15, -0.1) is 0 Å². The normalized spacial score (nSPS) is 15.1. The summed E-state index contributed by atoms with van der Waals surface area (Å²) in [6.45, 7) is 10.6. The van der Waals surface area contributed by atoms with Crippen LogP contribution in [0.2, 0.25) is 0 Å². The molecule has 1 amide bonds. The van der Waals surface area contributed by atoms with Gasteiger partial charge in [-0.05, 0) is 37.9 Å². The van der Waals surface area contributed by atoms with Crippen molar-refractivity contribution < 1.29 is 4.79 Å². The third-order valence-corrected chi connectivity index (χ3v) is 3.65. The molecule has 0 saturated heterocycles. The van der Waals surface area contributed by atoms with E-state index in [2.05, 4.69) is 42.7 Å². The molecule has 0 spiro atoms. The van der Waals surface area contributed by atoms with Gasteiger partial charge >= 0.3 is 0 Å². The molecule has 0 aromatic carbocycles. The highest BCUT2D eigenvalue weighted by Gasteiger charge is 2.13. The van der Waals surface area contributed by atoms with E-state index in [1.54, 1.807) is 0 Å². The van der Waals surface area contributed by atoms with Gasteiger partial charge in [-0.1, -0.05) is 20.8 Å². The van der Waals surface area contributed by atoms with E-state index < -0.39 is 0 Å². The molecule has 5 heteroatoms. The third kappa shape index (κ3) is 6.39. The summed E-state index contributed by atoms with van der Waals surface area (Å²) >= 11 is 0. The zero-order chi connectivity index (χ0) is 15.0. The number of nitrogens with one attached hydrogen (secondary N) is 2. The number of hydrazine groups is 1. The molecule has 0 aromatic heterocycles. The summed E-state index contributed by atoms with van der Waals surface area (Å²) in [5, 5.41) is 5.13. The van der Waals surface area contributed by atoms with Crippen molar-refractivity contribution >= 4 is 5.91 Å². The monoisotopic (exact) mass is 282 g/mol. The fourth-order valence-corrected chi connectivity index (χ4v) is 2.03. The van der Waals surface area contributed by atoms with E-state index >= 15 is 0 Å². The van der Waals surface area contributed by atoms with Gasteiger partial charge in [0.1, 0.15) is 0 Å². The molecule has 0 fully saturated rings. The Morgan fingerprint density at radius 3 is 2.85 bits per heavy atom. The van der Waals surface area contributed by atoms with E-state index in [0.717, 1.165) is 39.0 Å². The van der Waals surface area contributed by atoms with Crippen LogP contribution >= 0.6 is 0 Å². The van der Waals surface area contributed by atoms with E-state index in [4.69, 9.17) is 0 Å². The van der Waals surface area contributed by atoms with Gasteiger partial charge in [0.2, 0.25) is 5.91 Å². The summed E-state index contributed by atoms with van der Waals surface area (Å²) in [6.07, 6.45) is 4.32. The minimum absolute atomic E-state index is 0.121. The summed E-state index contributed by atoms with van der Waals surface area (Å²) in [6, 6.07) is 0. The molecule has 2 N–H and O–H groups in total. The Balaban J connectivity index is 2.04. The first-order chi connectivity index (χ1) is 9.52. The molecular formula is C15H30N4O. The Labute approximate surface area is 123 Å². The van der Waals surface area contributed by atoms with Crippen LogP contribution in [0.15, 0.2) is 11.8 Å². The van der Waals surface area contributed by atoms with Crippen LogP contribution in [-0.2, 0) is 4.79 Å². The van der Waals surface area contributed by atoms with Crippen molar-refractivity contribution in [2.45, 2.75) is 33.6 Å². The maximum Gasteiger partial charge on any atom is 0.234 e. The number of hydrogen-bond donors (Lipinski definition) is 2. The average molecular weight is 282 g/mol. The number of nitrogens with zero attached hydrogens (tertiary/aromatic N) is 2. The molecule has 20 heavy (non-hydrogen) atoms. The summed E-state index contributed by atoms with van der Waals surface area (Å²) in [5.74, 6) is 0.734.